The number of hydrogen-bond donors (Lipinski definition) is 0. The fraction of sp³-hybridized carbons (Fsp3) is 0.500. The van der Waals surface area contributed by atoms with Crippen LogP contribution in [-0.2, 0) is 12.6 Å². The largest absolute Gasteiger partial charge is 0.490 e. The molecule has 0 bridgehead atoms. The van der Waals surface area contributed by atoms with E-state index in [0.717, 1.165) is 49.0 Å². The molecule has 240 valence electrons. The highest BCUT2D eigenvalue weighted by molar-refractivity contribution is 6.67. The van der Waals surface area contributed by atoms with E-state index in [2.05, 4.69) is 31.0 Å². The molecule has 2 aliphatic heterocycles. The first-order valence-corrected chi connectivity index (χ1v) is 15.5. The fourth-order valence-corrected chi connectivity index (χ4v) is 6.63. The quantitative estimate of drug-likeness (QED) is 0.250. The number of hydrogen-bond acceptors (Lipinski definition) is 10. The van der Waals surface area contributed by atoms with Crippen molar-refractivity contribution in [3.05, 3.63) is 59.3 Å². The van der Waals surface area contributed by atoms with Gasteiger partial charge in [0.2, 0.25) is 0 Å². The zero-order chi connectivity index (χ0) is 32.6. The highest BCUT2D eigenvalue weighted by Gasteiger charge is 2.54. The van der Waals surface area contributed by atoms with Gasteiger partial charge in [0.15, 0.2) is 12.1 Å². The van der Waals surface area contributed by atoms with Gasteiger partial charge in [0, 0.05) is 66.9 Å². The Morgan fingerprint density at radius 3 is 2.59 bits per heavy atom. The van der Waals surface area contributed by atoms with E-state index in [-0.39, 0.29) is 54.4 Å². The number of alkyl halides is 2. The monoisotopic (exact) mass is 633 g/mol. The van der Waals surface area contributed by atoms with Crippen LogP contribution in [0, 0.1) is 22.5 Å². The number of carbonyl (C=O) groups excluding carboxylic acids is 1. The predicted octanol–water partition coefficient (Wildman–Crippen LogP) is 4.92. The highest BCUT2D eigenvalue weighted by Crippen LogP contribution is 2.51. The van der Waals surface area contributed by atoms with Crippen molar-refractivity contribution in [2.24, 2.45) is 5.41 Å². The van der Waals surface area contributed by atoms with Crippen molar-refractivity contribution in [1.29, 1.82) is 5.26 Å². The molecule has 14 heteroatoms. The first-order valence-electron chi connectivity index (χ1n) is 15.5. The van der Waals surface area contributed by atoms with Crippen LogP contribution in [-0.4, -0.2) is 82.3 Å². The molecule has 7 rings (SSSR count). The van der Waals surface area contributed by atoms with E-state index >= 15 is 0 Å². The van der Waals surface area contributed by atoms with Crippen LogP contribution >= 0.6 is 0 Å². The summed E-state index contributed by atoms with van der Waals surface area (Å²) in [4.78, 5) is 24.1. The van der Waals surface area contributed by atoms with Crippen LogP contribution in [0.1, 0.15) is 61.1 Å². The van der Waals surface area contributed by atoms with E-state index in [1.165, 1.54) is 12.1 Å². The third-order valence-corrected chi connectivity index (χ3v) is 9.45. The molecule has 4 aliphatic rings. The summed E-state index contributed by atoms with van der Waals surface area (Å²) in [6, 6.07) is 6.03. The van der Waals surface area contributed by atoms with Gasteiger partial charge in [-0.15, -0.1) is 0 Å². The second-order valence-corrected chi connectivity index (χ2v) is 13.1. The molecule has 1 spiro atoms. The number of anilines is 1. The normalized spacial score (nSPS) is 20.5. The third kappa shape index (κ3) is 6.65. The first-order chi connectivity index (χ1) is 22.0. The van der Waals surface area contributed by atoms with Gasteiger partial charge >= 0.3 is 6.01 Å². The molecular formula is C32H35BF3N7O3. The first kappa shape index (κ1) is 31.7. The number of halogens is 3. The Morgan fingerprint density at radius 2 is 1.91 bits per heavy atom. The van der Waals surface area contributed by atoms with Crippen molar-refractivity contribution in [3.63, 3.8) is 0 Å². The smallest absolute Gasteiger partial charge is 0.343 e. The van der Waals surface area contributed by atoms with E-state index in [1.807, 2.05) is 31.9 Å². The number of pyridine rings is 1. The Morgan fingerprint density at radius 1 is 1.15 bits per heavy atom. The maximum Gasteiger partial charge on any atom is 0.343 e. The molecule has 2 saturated carbocycles. The molecule has 0 N–H and O–H groups in total. The van der Waals surface area contributed by atoms with Gasteiger partial charge < -0.3 is 19.3 Å². The number of fused-ring (bicyclic) bond motifs is 1. The lowest BCUT2D eigenvalue weighted by molar-refractivity contribution is -0.124. The Hall–Kier alpha value is -4.25. The van der Waals surface area contributed by atoms with Crippen molar-refractivity contribution in [1.82, 2.24) is 25.1 Å². The molecule has 10 nitrogen and oxygen atoms in total. The predicted molar refractivity (Wildman–Crippen MR) is 164 cm³/mol. The van der Waals surface area contributed by atoms with Crippen LogP contribution < -0.4 is 14.4 Å². The van der Waals surface area contributed by atoms with Gasteiger partial charge in [0.25, 0.3) is 12.6 Å². The van der Waals surface area contributed by atoms with Crippen LogP contribution in [0.15, 0.2) is 36.7 Å². The lowest BCUT2D eigenvalue weighted by Gasteiger charge is -2.58. The van der Waals surface area contributed by atoms with Crippen LogP contribution in [0.5, 0.6) is 17.5 Å². The van der Waals surface area contributed by atoms with Gasteiger partial charge in [-0.3, -0.25) is 9.78 Å². The second-order valence-electron chi connectivity index (χ2n) is 13.1. The molecule has 0 unspecified atom stereocenters. The van der Waals surface area contributed by atoms with Crippen molar-refractivity contribution in [2.45, 2.75) is 76.3 Å². The maximum absolute atomic E-state index is 13.4. The number of carbonyl (C=O) groups is 1. The van der Waals surface area contributed by atoms with E-state index in [1.54, 1.807) is 12.4 Å². The maximum atomic E-state index is 13.4. The number of aldehydes is 1. The zero-order valence-corrected chi connectivity index (χ0v) is 26.0. The average molecular weight is 633 g/mol. The van der Waals surface area contributed by atoms with Gasteiger partial charge in [0.05, 0.1) is 11.8 Å². The topological polar surface area (TPSA) is 117 Å². The highest BCUT2D eigenvalue weighted by atomic mass is 19.3. The number of ether oxygens (including phenoxy) is 2. The summed E-state index contributed by atoms with van der Waals surface area (Å²) in [6.07, 6.45) is 7.39. The van der Waals surface area contributed by atoms with Gasteiger partial charge in [0.1, 0.15) is 23.4 Å². The van der Waals surface area contributed by atoms with Gasteiger partial charge in [-0.2, -0.15) is 10.1 Å². The van der Waals surface area contributed by atoms with Gasteiger partial charge in [-0.25, -0.2) is 18.4 Å². The second kappa shape index (κ2) is 12.5. The van der Waals surface area contributed by atoms with E-state index in [9.17, 15) is 23.2 Å². The van der Waals surface area contributed by atoms with Gasteiger partial charge in [-0.1, -0.05) is 5.10 Å². The summed E-state index contributed by atoms with van der Waals surface area (Å²) < 4.78 is 50.0. The minimum atomic E-state index is -2.38. The molecule has 1 aromatic carbocycles. The molecular weight excluding hydrogens is 598 g/mol. The molecule has 2 aromatic heterocycles. The molecule has 1 saturated heterocycles. The Labute approximate surface area is 266 Å². The van der Waals surface area contributed by atoms with Gasteiger partial charge in [-0.05, 0) is 70.6 Å². The van der Waals surface area contributed by atoms with E-state index in [0.29, 0.717) is 30.8 Å². The molecule has 4 heterocycles. The molecule has 2 aliphatic carbocycles. The lowest BCUT2D eigenvalue weighted by Crippen LogP contribution is -2.65. The summed E-state index contributed by atoms with van der Waals surface area (Å²) in [7, 11) is 1.91. The van der Waals surface area contributed by atoms with Crippen molar-refractivity contribution < 1.29 is 27.4 Å². The Bertz CT molecular complexity index is 1630. The Balaban J connectivity index is 0.000000288. The summed E-state index contributed by atoms with van der Waals surface area (Å²) in [5.41, 5.74) is 2.32. The summed E-state index contributed by atoms with van der Waals surface area (Å²) in [5.74, 6) is 1.10. The third-order valence-electron chi connectivity index (χ3n) is 9.45. The average Bonchev–Trinajstić information content (AvgIpc) is 3.42. The van der Waals surface area contributed by atoms with Crippen molar-refractivity contribution in [3.8, 4) is 23.5 Å². The van der Waals surface area contributed by atoms with E-state index < -0.39 is 11.7 Å². The zero-order valence-electron chi connectivity index (χ0n) is 26.0. The Kier molecular flexibility index (Phi) is 8.63. The number of nitrogens with zero attached hydrogens (tertiary/aromatic N) is 7. The molecule has 46 heavy (non-hydrogen) atoms. The standard InChI is InChI=1S/C24H20BFN6O3.C8H15F2N/c26-16-1-2-20(15(5-16)11-33)35-23-30-22(10-29-31-23)32-12-24(13-32)6-17(7-24)34-21-3-4-28-19-9-25(14-27)8-18(19)21;1-6(2)11(3)7-4-8(9,10)5-7/h1-5,10-11,17H,6-9,12-13H2;6-7H,4-5H2,1-3H3. The van der Waals surface area contributed by atoms with Crippen LogP contribution in [0.3, 0.4) is 0 Å². The van der Waals surface area contributed by atoms with Crippen molar-refractivity contribution in [2.75, 3.05) is 25.0 Å². The summed E-state index contributed by atoms with van der Waals surface area (Å²) in [6.45, 7) is 5.68. The molecule has 0 atom stereocenters. The van der Waals surface area contributed by atoms with Crippen LogP contribution in [0.4, 0.5) is 19.0 Å². The molecule has 0 amide bonds. The number of aromatic nitrogens is 4. The molecule has 3 aromatic rings. The minimum Gasteiger partial charge on any atom is -0.490 e. The van der Waals surface area contributed by atoms with Crippen LogP contribution in [0.2, 0.25) is 0 Å². The fourth-order valence-electron chi connectivity index (χ4n) is 6.63. The number of benzene rings is 1. The molecule has 3 fully saturated rings. The lowest BCUT2D eigenvalue weighted by atomic mass is 9.49. The van der Waals surface area contributed by atoms with E-state index in [4.69, 9.17) is 9.47 Å². The number of rotatable bonds is 8. The number of nitriles is 1. The molecule has 0 radical (unpaired) electrons. The SMILES string of the molecule is CC(C)N(C)C1CC(F)(F)C1.N#CB1Cc2nccc(OC3CC4(C3)CN(c3cnnc(Oc5ccc(F)cc5C=O)n3)C4)c2C1. The summed E-state index contributed by atoms with van der Waals surface area (Å²) >= 11 is 0. The van der Waals surface area contributed by atoms with Crippen molar-refractivity contribution >= 4 is 18.8 Å². The minimum absolute atomic E-state index is 0.00445. The van der Waals surface area contributed by atoms with Crippen LogP contribution in [0.25, 0.3) is 0 Å². The summed E-state index contributed by atoms with van der Waals surface area (Å²) in [5, 5.41) is 17.1.